The van der Waals surface area contributed by atoms with Crippen molar-refractivity contribution >= 4 is 34.0 Å². The molecule has 1 aromatic carbocycles. The molecule has 0 spiro atoms. The number of ether oxygens (including phenoxy) is 2. The summed E-state index contributed by atoms with van der Waals surface area (Å²) in [7, 11) is -0.938. The Morgan fingerprint density at radius 3 is 2.40 bits per heavy atom. The van der Waals surface area contributed by atoms with Gasteiger partial charge in [-0.2, -0.15) is 0 Å². The van der Waals surface area contributed by atoms with Gasteiger partial charge in [-0.1, -0.05) is 31.4 Å². The minimum Gasteiger partial charge on any atom is -0.493 e. The van der Waals surface area contributed by atoms with E-state index < -0.39 is 15.6 Å². The van der Waals surface area contributed by atoms with Crippen molar-refractivity contribution in [2.75, 3.05) is 20.8 Å². The van der Waals surface area contributed by atoms with Crippen LogP contribution in [-0.2, 0) is 10.0 Å². The molecular formula is C16H26Cl2N2O4S. The normalized spacial score (nSPS) is 23.6. The summed E-state index contributed by atoms with van der Waals surface area (Å²) in [6.07, 6.45) is 3.69. The molecule has 1 aromatic rings. The maximum absolute atomic E-state index is 13.0. The SMILES string of the molecule is COc1cc(Cl)c(S(=O)(=O)NC2(CN)CCCCC2C)cc1OC.Cl. The first-order chi connectivity index (χ1) is 11.3. The summed E-state index contributed by atoms with van der Waals surface area (Å²) in [6.45, 7) is 2.28. The van der Waals surface area contributed by atoms with E-state index >= 15 is 0 Å². The molecule has 6 nitrogen and oxygen atoms in total. The summed E-state index contributed by atoms with van der Waals surface area (Å²) in [4.78, 5) is -0.0348. The molecule has 25 heavy (non-hydrogen) atoms. The molecule has 1 fully saturated rings. The van der Waals surface area contributed by atoms with E-state index in [1.165, 1.54) is 26.4 Å². The largest absolute Gasteiger partial charge is 0.493 e. The number of rotatable bonds is 6. The zero-order valence-electron chi connectivity index (χ0n) is 14.7. The number of hydrogen-bond acceptors (Lipinski definition) is 5. The Hall–Kier alpha value is -0.730. The Bertz CT molecular complexity index is 700. The second kappa shape index (κ2) is 8.77. The van der Waals surface area contributed by atoms with Crippen molar-refractivity contribution in [3.05, 3.63) is 17.2 Å². The zero-order valence-corrected chi connectivity index (χ0v) is 17.1. The lowest BCUT2D eigenvalue weighted by Gasteiger charge is -2.42. The van der Waals surface area contributed by atoms with Crippen LogP contribution in [-0.4, -0.2) is 34.7 Å². The van der Waals surface area contributed by atoms with E-state index in [9.17, 15) is 8.42 Å². The number of methoxy groups -OCH3 is 2. The average Bonchev–Trinajstić information content (AvgIpc) is 2.56. The molecule has 1 saturated carbocycles. The van der Waals surface area contributed by atoms with Gasteiger partial charge < -0.3 is 15.2 Å². The Labute approximate surface area is 160 Å². The van der Waals surface area contributed by atoms with Gasteiger partial charge in [0.25, 0.3) is 0 Å². The summed E-state index contributed by atoms with van der Waals surface area (Å²) < 4.78 is 39.1. The molecule has 144 valence electrons. The number of nitrogens with one attached hydrogen (secondary N) is 1. The molecule has 2 rings (SSSR count). The molecule has 1 aliphatic rings. The van der Waals surface area contributed by atoms with Crippen molar-refractivity contribution in [1.29, 1.82) is 0 Å². The minimum absolute atomic E-state index is 0. The molecule has 9 heteroatoms. The van der Waals surface area contributed by atoms with Gasteiger partial charge in [0.2, 0.25) is 10.0 Å². The third-order valence-corrected chi connectivity index (χ3v) is 6.90. The summed E-state index contributed by atoms with van der Waals surface area (Å²) >= 11 is 6.18. The van der Waals surface area contributed by atoms with E-state index in [1.807, 2.05) is 6.92 Å². The van der Waals surface area contributed by atoms with Gasteiger partial charge in [0.05, 0.1) is 19.2 Å². The van der Waals surface area contributed by atoms with Crippen LogP contribution >= 0.6 is 24.0 Å². The second-order valence-corrected chi connectivity index (χ2v) is 8.31. The lowest BCUT2D eigenvalue weighted by atomic mass is 9.74. The fourth-order valence-electron chi connectivity index (χ4n) is 3.27. The lowest BCUT2D eigenvalue weighted by Crippen LogP contribution is -2.58. The molecule has 2 atom stereocenters. The summed E-state index contributed by atoms with van der Waals surface area (Å²) in [6, 6.07) is 2.82. The van der Waals surface area contributed by atoms with Crippen LogP contribution < -0.4 is 19.9 Å². The fraction of sp³-hybridized carbons (Fsp3) is 0.625. The van der Waals surface area contributed by atoms with Crippen molar-refractivity contribution in [3.63, 3.8) is 0 Å². The van der Waals surface area contributed by atoms with Crippen LogP contribution in [0.15, 0.2) is 17.0 Å². The van der Waals surface area contributed by atoms with Crippen molar-refractivity contribution in [1.82, 2.24) is 4.72 Å². The Balaban J connectivity index is 0.00000312. The second-order valence-electron chi connectivity index (χ2n) is 6.25. The maximum Gasteiger partial charge on any atom is 0.242 e. The van der Waals surface area contributed by atoms with E-state index in [0.717, 1.165) is 25.7 Å². The van der Waals surface area contributed by atoms with E-state index in [1.54, 1.807) is 0 Å². The number of hydrogen-bond donors (Lipinski definition) is 2. The molecule has 0 aromatic heterocycles. The van der Waals surface area contributed by atoms with E-state index in [2.05, 4.69) is 4.72 Å². The molecule has 0 saturated heterocycles. The molecule has 0 bridgehead atoms. The van der Waals surface area contributed by atoms with Crippen LogP contribution in [0.4, 0.5) is 0 Å². The first-order valence-electron chi connectivity index (χ1n) is 7.95. The highest BCUT2D eigenvalue weighted by atomic mass is 35.5. The van der Waals surface area contributed by atoms with Crippen LogP contribution in [0, 0.1) is 5.92 Å². The number of sulfonamides is 1. The van der Waals surface area contributed by atoms with Gasteiger partial charge in [-0.3, -0.25) is 0 Å². The lowest BCUT2D eigenvalue weighted by molar-refractivity contribution is 0.191. The summed E-state index contributed by atoms with van der Waals surface area (Å²) in [5.74, 6) is 0.840. The van der Waals surface area contributed by atoms with Gasteiger partial charge >= 0.3 is 0 Å². The smallest absolute Gasteiger partial charge is 0.242 e. The molecule has 2 unspecified atom stereocenters. The van der Waals surface area contributed by atoms with Crippen LogP contribution in [0.1, 0.15) is 32.6 Å². The predicted molar refractivity (Wildman–Crippen MR) is 102 cm³/mol. The Kier molecular flexibility index (Phi) is 7.83. The van der Waals surface area contributed by atoms with Crippen molar-refractivity contribution in [2.45, 2.75) is 43.0 Å². The van der Waals surface area contributed by atoms with Crippen molar-refractivity contribution in [3.8, 4) is 11.5 Å². The Morgan fingerprint density at radius 2 is 1.88 bits per heavy atom. The third-order valence-electron chi connectivity index (χ3n) is 4.88. The first-order valence-corrected chi connectivity index (χ1v) is 9.81. The highest BCUT2D eigenvalue weighted by Gasteiger charge is 2.41. The molecule has 0 heterocycles. The van der Waals surface area contributed by atoms with Crippen LogP contribution in [0.5, 0.6) is 11.5 Å². The monoisotopic (exact) mass is 412 g/mol. The first kappa shape index (κ1) is 22.3. The van der Waals surface area contributed by atoms with Gasteiger partial charge in [-0.05, 0) is 18.8 Å². The standard InChI is InChI=1S/C16H25ClN2O4S.ClH/c1-11-6-4-5-7-16(11,10-18)19-24(20,21)15-9-14(23-3)13(22-2)8-12(15)17;/h8-9,11,19H,4-7,10,18H2,1-3H3;1H. The maximum atomic E-state index is 13.0. The van der Waals surface area contributed by atoms with Gasteiger partial charge in [0.1, 0.15) is 4.90 Å². The number of benzene rings is 1. The molecular weight excluding hydrogens is 387 g/mol. The quantitative estimate of drug-likeness (QED) is 0.748. The molecule has 3 N–H and O–H groups in total. The average molecular weight is 413 g/mol. The van der Waals surface area contributed by atoms with Gasteiger partial charge in [-0.15, -0.1) is 12.4 Å². The van der Waals surface area contributed by atoms with E-state index in [0.29, 0.717) is 11.5 Å². The van der Waals surface area contributed by atoms with Crippen LogP contribution in [0.25, 0.3) is 0 Å². The van der Waals surface area contributed by atoms with Crippen LogP contribution in [0.2, 0.25) is 5.02 Å². The highest BCUT2D eigenvalue weighted by Crippen LogP contribution is 2.38. The van der Waals surface area contributed by atoms with Gasteiger partial charge in [0, 0.05) is 24.2 Å². The number of nitrogens with two attached hydrogens (primary N) is 1. The van der Waals surface area contributed by atoms with Crippen molar-refractivity contribution in [2.24, 2.45) is 11.7 Å². The zero-order chi connectivity index (χ0) is 18.0. The Morgan fingerprint density at radius 1 is 1.28 bits per heavy atom. The molecule has 1 aliphatic carbocycles. The van der Waals surface area contributed by atoms with Gasteiger partial charge in [0.15, 0.2) is 11.5 Å². The molecule has 0 aliphatic heterocycles. The third kappa shape index (κ3) is 4.52. The fourth-order valence-corrected chi connectivity index (χ4v) is 5.34. The van der Waals surface area contributed by atoms with E-state index in [-0.39, 0.29) is 34.8 Å². The summed E-state index contributed by atoms with van der Waals surface area (Å²) in [5, 5.41) is 0.0794. The highest BCUT2D eigenvalue weighted by molar-refractivity contribution is 7.89. The molecule has 0 amide bonds. The van der Waals surface area contributed by atoms with Gasteiger partial charge in [-0.25, -0.2) is 13.1 Å². The topological polar surface area (TPSA) is 90.7 Å². The number of halogens is 2. The van der Waals surface area contributed by atoms with Crippen molar-refractivity contribution < 1.29 is 17.9 Å². The predicted octanol–water partition coefficient (Wildman–Crippen LogP) is 2.96. The van der Waals surface area contributed by atoms with Crippen LogP contribution in [0.3, 0.4) is 0 Å². The summed E-state index contributed by atoms with van der Waals surface area (Å²) in [5.41, 5.74) is 5.30. The van der Waals surface area contributed by atoms with E-state index in [4.69, 9.17) is 26.8 Å². The minimum atomic E-state index is -3.85. The molecule has 0 radical (unpaired) electrons.